The summed E-state index contributed by atoms with van der Waals surface area (Å²) in [6.07, 6.45) is 0. The standard InChI is InChI=1S/C21H31N3O5/c1-20-3-2-4-21(19-20)24(7-11-27-15-13-25-9-5-22)8-12-28-16-18-29-17-14-26-10-6-23/h2-4,19H,7-18H2,1H3. The molecule has 0 radical (unpaired) electrons. The van der Waals surface area contributed by atoms with Gasteiger partial charge < -0.3 is 28.6 Å². The third-order valence-corrected chi connectivity index (χ3v) is 3.83. The van der Waals surface area contributed by atoms with Gasteiger partial charge in [-0.3, -0.25) is 0 Å². The molecule has 0 unspecified atom stereocenters. The lowest BCUT2D eigenvalue weighted by Gasteiger charge is -2.25. The average Bonchev–Trinajstić information content (AvgIpc) is 2.73. The monoisotopic (exact) mass is 405 g/mol. The van der Waals surface area contributed by atoms with Crippen LogP contribution >= 0.6 is 0 Å². The summed E-state index contributed by atoms with van der Waals surface area (Å²) in [7, 11) is 0. The molecule has 0 atom stereocenters. The van der Waals surface area contributed by atoms with E-state index in [-0.39, 0.29) is 13.2 Å². The highest BCUT2D eigenvalue weighted by atomic mass is 16.5. The molecule has 1 aromatic carbocycles. The predicted molar refractivity (Wildman–Crippen MR) is 109 cm³/mol. The maximum atomic E-state index is 8.43. The third kappa shape index (κ3) is 13.6. The second-order valence-corrected chi connectivity index (χ2v) is 6.08. The first-order valence-electron chi connectivity index (χ1n) is 9.72. The highest BCUT2D eigenvalue weighted by molar-refractivity contribution is 5.48. The first kappa shape index (κ1) is 24.8. The van der Waals surface area contributed by atoms with Gasteiger partial charge in [-0.15, -0.1) is 0 Å². The van der Waals surface area contributed by atoms with Gasteiger partial charge in [0.15, 0.2) is 0 Å². The lowest BCUT2D eigenvalue weighted by Crippen LogP contribution is -2.31. The minimum atomic E-state index is 0.0886. The van der Waals surface area contributed by atoms with E-state index in [1.165, 1.54) is 5.56 Å². The van der Waals surface area contributed by atoms with Crippen molar-refractivity contribution in [3.05, 3.63) is 29.8 Å². The molecule has 0 amide bonds. The third-order valence-electron chi connectivity index (χ3n) is 3.83. The topological polar surface area (TPSA) is 97.0 Å². The molecule has 29 heavy (non-hydrogen) atoms. The second-order valence-electron chi connectivity index (χ2n) is 6.08. The van der Waals surface area contributed by atoms with Crippen molar-refractivity contribution in [3.8, 4) is 12.1 Å². The van der Waals surface area contributed by atoms with Crippen molar-refractivity contribution in [2.75, 3.05) is 84.1 Å². The van der Waals surface area contributed by atoms with Crippen LogP contribution in [0.1, 0.15) is 5.56 Å². The van der Waals surface area contributed by atoms with Crippen LogP contribution in [0.3, 0.4) is 0 Å². The van der Waals surface area contributed by atoms with Gasteiger partial charge >= 0.3 is 0 Å². The Balaban J connectivity index is 2.23. The van der Waals surface area contributed by atoms with E-state index in [0.29, 0.717) is 52.9 Å². The number of hydrogen-bond donors (Lipinski definition) is 0. The van der Waals surface area contributed by atoms with Crippen molar-refractivity contribution in [3.63, 3.8) is 0 Å². The quantitative estimate of drug-likeness (QED) is 0.342. The molecule has 0 aromatic heterocycles. The van der Waals surface area contributed by atoms with E-state index in [2.05, 4.69) is 30.0 Å². The van der Waals surface area contributed by atoms with Crippen LogP contribution in [0.15, 0.2) is 24.3 Å². The molecule has 0 fully saturated rings. The van der Waals surface area contributed by atoms with E-state index in [0.717, 1.165) is 18.8 Å². The summed E-state index contributed by atoms with van der Waals surface area (Å²) in [6, 6.07) is 12.2. The fourth-order valence-electron chi connectivity index (χ4n) is 2.44. The summed E-state index contributed by atoms with van der Waals surface area (Å²) >= 11 is 0. The molecular formula is C21H31N3O5. The van der Waals surface area contributed by atoms with Crippen LogP contribution in [-0.2, 0) is 23.7 Å². The fourth-order valence-corrected chi connectivity index (χ4v) is 2.44. The minimum Gasteiger partial charge on any atom is -0.377 e. The number of aryl methyl sites for hydroxylation is 1. The Bertz CT molecular complexity index is 615. The van der Waals surface area contributed by atoms with E-state index >= 15 is 0 Å². The Morgan fingerprint density at radius 2 is 1.21 bits per heavy atom. The average molecular weight is 405 g/mol. The molecule has 1 aromatic rings. The lowest BCUT2D eigenvalue weighted by atomic mass is 10.2. The highest BCUT2D eigenvalue weighted by Crippen LogP contribution is 2.15. The fraction of sp³-hybridized carbons (Fsp3) is 0.619. The maximum Gasteiger partial charge on any atom is 0.133 e. The lowest BCUT2D eigenvalue weighted by molar-refractivity contribution is 0.0212. The molecular weight excluding hydrogens is 374 g/mol. The number of nitrogens with zero attached hydrogens (tertiary/aromatic N) is 3. The van der Waals surface area contributed by atoms with E-state index in [1.807, 2.05) is 18.2 Å². The van der Waals surface area contributed by atoms with Gasteiger partial charge in [0.1, 0.15) is 13.2 Å². The van der Waals surface area contributed by atoms with Crippen molar-refractivity contribution in [1.29, 1.82) is 10.5 Å². The van der Waals surface area contributed by atoms with Crippen LogP contribution in [0.25, 0.3) is 0 Å². The van der Waals surface area contributed by atoms with Crippen LogP contribution in [0.5, 0.6) is 0 Å². The number of hydrogen-bond acceptors (Lipinski definition) is 8. The summed E-state index contributed by atoms with van der Waals surface area (Å²) in [6.45, 7) is 7.61. The van der Waals surface area contributed by atoms with Gasteiger partial charge in [0.25, 0.3) is 0 Å². The van der Waals surface area contributed by atoms with Gasteiger partial charge in [0.2, 0.25) is 0 Å². The van der Waals surface area contributed by atoms with Gasteiger partial charge in [0, 0.05) is 18.8 Å². The largest absolute Gasteiger partial charge is 0.377 e. The molecule has 0 heterocycles. The Morgan fingerprint density at radius 3 is 1.69 bits per heavy atom. The van der Waals surface area contributed by atoms with Gasteiger partial charge in [-0.05, 0) is 24.6 Å². The first-order valence-corrected chi connectivity index (χ1v) is 9.72. The van der Waals surface area contributed by atoms with Crippen LogP contribution in [0, 0.1) is 29.6 Å². The van der Waals surface area contributed by atoms with E-state index in [4.69, 9.17) is 34.2 Å². The molecule has 1 rings (SSSR count). The molecule has 0 bridgehead atoms. The molecule has 0 aliphatic carbocycles. The van der Waals surface area contributed by atoms with Gasteiger partial charge in [0.05, 0.1) is 65.0 Å². The number of rotatable bonds is 18. The van der Waals surface area contributed by atoms with Crippen molar-refractivity contribution in [1.82, 2.24) is 0 Å². The zero-order valence-electron chi connectivity index (χ0n) is 17.2. The minimum absolute atomic E-state index is 0.0886. The highest BCUT2D eigenvalue weighted by Gasteiger charge is 2.07. The van der Waals surface area contributed by atoms with Crippen molar-refractivity contribution < 1.29 is 23.7 Å². The normalized spacial score (nSPS) is 10.4. The van der Waals surface area contributed by atoms with Crippen LogP contribution in [0.4, 0.5) is 5.69 Å². The number of benzene rings is 1. The molecule has 0 saturated heterocycles. The predicted octanol–water partition coefficient (Wildman–Crippen LogP) is 1.93. The Morgan fingerprint density at radius 1 is 0.724 bits per heavy atom. The van der Waals surface area contributed by atoms with Gasteiger partial charge in [-0.1, -0.05) is 12.1 Å². The van der Waals surface area contributed by atoms with Crippen LogP contribution in [-0.4, -0.2) is 79.2 Å². The molecule has 0 aliphatic rings. The summed E-state index contributed by atoms with van der Waals surface area (Å²) in [5.41, 5.74) is 2.33. The molecule has 0 saturated carbocycles. The first-order chi connectivity index (χ1) is 14.3. The Labute approximate surface area is 173 Å². The number of nitriles is 2. The molecule has 0 aliphatic heterocycles. The molecule has 0 N–H and O–H groups in total. The number of anilines is 1. The van der Waals surface area contributed by atoms with Crippen molar-refractivity contribution in [2.45, 2.75) is 6.92 Å². The van der Waals surface area contributed by atoms with Crippen LogP contribution in [0.2, 0.25) is 0 Å². The molecule has 160 valence electrons. The van der Waals surface area contributed by atoms with Crippen LogP contribution < -0.4 is 4.90 Å². The SMILES string of the molecule is Cc1cccc(N(CCOCCOCC#N)CCOCCOCCOCC#N)c1. The second kappa shape index (κ2) is 17.9. The summed E-state index contributed by atoms with van der Waals surface area (Å²) < 4.78 is 26.7. The Kier molecular flexibility index (Phi) is 15.3. The zero-order valence-corrected chi connectivity index (χ0v) is 17.2. The van der Waals surface area contributed by atoms with Gasteiger partial charge in [-0.25, -0.2) is 0 Å². The van der Waals surface area contributed by atoms with Crippen molar-refractivity contribution in [2.24, 2.45) is 0 Å². The summed E-state index contributed by atoms with van der Waals surface area (Å²) in [4.78, 5) is 2.22. The number of ether oxygens (including phenoxy) is 5. The summed E-state index contributed by atoms with van der Waals surface area (Å²) in [5.74, 6) is 0. The molecule has 8 heteroatoms. The smallest absolute Gasteiger partial charge is 0.133 e. The van der Waals surface area contributed by atoms with E-state index < -0.39 is 0 Å². The zero-order chi connectivity index (χ0) is 21.0. The summed E-state index contributed by atoms with van der Waals surface area (Å²) in [5, 5.41) is 16.8. The van der Waals surface area contributed by atoms with E-state index in [9.17, 15) is 0 Å². The van der Waals surface area contributed by atoms with Crippen molar-refractivity contribution >= 4 is 5.69 Å². The van der Waals surface area contributed by atoms with E-state index in [1.54, 1.807) is 0 Å². The Hall–Kier alpha value is -2.20. The molecule has 8 nitrogen and oxygen atoms in total. The van der Waals surface area contributed by atoms with Gasteiger partial charge in [-0.2, -0.15) is 10.5 Å². The molecule has 0 spiro atoms. The maximum absolute atomic E-state index is 8.43.